The molecule has 0 saturated carbocycles. The third-order valence-electron chi connectivity index (χ3n) is 1.36. The zero-order valence-corrected chi connectivity index (χ0v) is 8.79. The van der Waals surface area contributed by atoms with Crippen LogP contribution in [0.2, 0.25) is 0 Å². The van der Waals surface area contributed by atoms with Gasteiger partial charge in [0, 0.05) is 0 Å². The molecule has 0 rings (SSSR count). The van der Waals surface area contributed by atoms with Crippen molar-refractivity contribution in [1.29, 1.82) is 1.43 Å². The molecule has 0 fully saturated rings. The first kappa shape index (κ1) is 10.9. The van der Waals surface area contributed by atoms with E-state index in [2.05, 4.69) is 5.11 Å². The lowest BCUT2D eigenvalue weighted by atomic mass is 10.2. The summed E-state index contributed by atoms with van der Waals surface area (Å²) in [6.07, 6.45) is 3.42. The molecule has 5 heteroatoms. The van der Waals surface area contributed by atoms with E-state index in [1.807, 2.05) is 0 Å². The Labute approximate surface area is 82.9 Å². The van der Waals surface area contributed by atoms with E-state index in [0.29, 0.717) is 6.42 Å². The minimum absolute atomic E-state index is 0.0405. The number of carbonyl (C=O) groups excluding carboxylic acids is 1. The molecular formula is C8H14BO3P. The molecule has 0 aliphatic heterocycles. The van der Waals surface area contributed by atoms with Crippen LogP contribution in [0, 0.1) is 0 Å². The monoisotopic (exact) mass is 202 g/mol. The van der Waals surface area contributed by atoms with Crippen LogP contribution in [0.4, 0.5) is 0 Å². The van der Waals surface area contributed by atoms with Crippen LogP contribution < -0.4 is 0 Å². The zero-order chi connectivity index (χ0) is 11.0. The number of carbonyl (C=O) groups is 1. The summed E-state index contributed by atoms with van der Waals surface area (Å²) in [6, 6.07) is 0. The Hall–Kier alpha value is -0.175. The average Bonchev–Trinajstić information content (AvgIpc) is 2.09. The first-order chi connectivity index (χ1) is 6.57. The van der Waals surface area contributed by atoms with Crippen molar-refractivity contribution in [3.63, 3.8) is 0 Å². The van der Waals surface area contributed by atoms with Gasteiger partial charge in [0.05, 0.1) is 6.61 Å². The molecule has 2 radical (unpaired) electrons. The van der Waals surface area contributed by atoms with E-state index in [1.165, 1.54) is 6.92 Å². The molecule has 0 spiro atoms. The molecule has 1 N–H and O–H groups in total. The summed E-state index contributed by atoms with van der Waals surface area (Å²) in [5, 5.41) is 4.08. The van der Waals surface area contributed by atoms with E-state index >= 15 is 0 Å². The van der Waals surface area contributed by atoms with Crippen molar-refractivity contribution in [2.45, 2.75) is 19.4 Å². The van der Waals surface area contributed by atoms with Crippen molar-refractivity contribution in [2.75, 3.05) is 13.3 Å². The molecule has 0 amide bonds. The van der Waals surface area contributed by atoms with Crippen LogP contribution in [0.5, 0.6) is 0 Å². The Balaban J connectivity index is 3.91. The molecule has 3 nitrogen and oxygen atoms in total. The van der Waals surface area contributed by atoms with Gasteiger partial charge in [0.15, 0.2) is 5.78 Å². The van der Waals surface area contributed by atoms with Gasteiger partial charge in [0.1, 0.15) is 13.7 Å². The maximum absolute atomic E-state index is 11.1. The van der Waals surface area contributed by atoms with Gasteiger partial charge >= 0.3 is 0 Å². The van der Waals surface area contributed by atoms with E-state index in [9.17, 15) is 4.79 Å². The number of hydrogen-bond acceptors (Lipinski definition) is 3. The Kier molecular flexibility index (Phi) is 6.08. The molecule has 0 aromatic heterocycles. The molecule has 0 aromatic carbocycles. The van der Waals surface area contributed by atoms with Crippen molar-refractivity contribution in [1.82, 2.24) is 0 Å². The van der Waals surface area contributed by atoms with Gasteiger partial charge in [-0.1, -0.05) is 12.2 Å². The van der Waals surface area contributed by atoms with Crippen LogP contribution in [-0.4, -0.2) is 39.3 Å². The molecule has 0 aliphatic carbocycles. The lowest BCUT2D eigenvalue weighted by molar-refractivity contribution is -0.123. The van der Waals surface area contributed by atoms with Crippen molar-refractivity contribution in [2.24, 2.45) is 0 Å². The predicted molar refractivity (Wildman–Crippen MR) is 55.0 cm³/mol. The predicted octanol–water partition coefficient (Wildman–Crippen LogP) is 1.01. The van der Waals surface area contributed by atoms with Gasteiger partial charge in [-0.3, -0.25) is 4.79 Å². The van der Waals surface area contributed by atoms with E-state index in [-0.39, 0.29) is 12.4 Å². The minimum atomic E-state index is -1.02. The molecular weight excluding hydrogens is 186 g/mol. The highest BCUT2D eigenvalue weighted by Crippen LogP contribution is 2.28. The fourth-order valence-electron chi connectivity index (χ4n) is 0.772. The summed E-state index contributed by atoms with van der Waals surface area (Å²) in [5.41, 5.74) is 0. The second kappa shape index (κ2) is 7.25. The highest BCUT2D eigenvalue weighted by Gasteiger charge is 2.13. The average molecular weight is 202 g/mol. The highest BCUT2D eigenvalue weighted by atomic mass is 31.1. The smallest absolute Gasteiger partial charge is 0.210 e. The summed E-state index contributed by atoms with van der Waals surface area (Å²) in [4.78, 5) is 11.1. The molecule has 72 valence electrons. The molecule has 1 unspecified atom stereocenters. The standard InChI is InChI=1S/C8H14BO3P/c1-7(11)8(12-13(2)9)5-3-4-6-10/h3-4,8,10H,5-6H2,1-2H3/t8-,13?/m1/s1/i10T. The van der Waals surface area contributed by atoms with Crippen LogP contribution in [0.15, 0.2) is 12.2 Å². The normalized spacial score (nSPS) is 16.9. The Bertz CT molecular complexity index is 199. The van der Waals surface area contributed by atoms with Gasteiger partial charge in [0.2, 0.25) is 1.43 Å². The van der Waals surface area contributed by atoms with Gasteiger partial charge < -0.3 is 9.63 Å². The zero-order valence-electron chi connectivity index (χ0n) is 8.90. The molecule has 0 heterocycles. The van der Waals surface area contributed by atoms with Crippen molar-refractivity contribution in [3.05, 3.63) is 12.2 Å². The summed E-state index contributed by atoms with van der Waals surface area (Å²) in [6.45, 7) is 3.42. The van der Waals surface area contributed by atoms with Crippen LogP contribution in [0.1, 0.15) is 13.3 Å². The van der Waals surface area contributed by atoms with Gasteiger partial charge in [-0.25, -0.2) is 0 Å². The van der Waals surface area contributed by atoms with Crippen molar-refractivity contribution in [3.8, 4) is 0 Å². The third kappa shape index (κ3) is 6.94. The summed E-state index contributed by atoms with van der Waals surface area (Å²) >= 11 is 0. The van der Waals surface area contributed by atoms with E-state index in [4.69, 9.17) is 13.5 Å². The second-order valence-corrected chi connectivity index (χ2v) is 3.93. The summed E-state index contributed by atoms with van der Waals surface area (Å²) < 4.78 is 11.7. The fraction of sp³-hybridized carbons (Fsp3) is 0.625. The maximum Gasteiger partial charge on any atom is 0.210 e. The molecule has 0 aliphatic rings. The number of aliphatic hydroxyl groups is 1. The van der Waals surface area contributed by atoms with E-state index in [0.717, 1.165) is 0 Å². The molecule has 13 heavy (non-hydrogen) atoms. The molecule has 0 bridgehead atoms. The third-order valence-corrected chi connectivity index (χ3v) is 1.95. The highest BCUT2D eigenvalue weighted by molar-refractivity contribution is 7.77. The SMILES string of the molecule is [3H]OCC=CC[C@@H](OP([B])C)C(C)=O. The summed E-state index contributed by atoms with van der Waals surface area (Å²) in [7, 11) is 4.45. The quantitative estimate of drug-likeness (QED) is 0.380. The Morgan fingerprint density at radius 1 is 1.85 bits per heavy atom. The minimum Gasteiger partial charge on any atom is -0.392 e. The van der Waals surface area contributed by atoms with Crippen molar-refractivity contribution < 1.29 is 14.4 Å². The van der Waals surface area contributed by atoms with E-state index < -0.39 is 14.1 Å². The Morgan fingerprint density at radius 2 is 2.54 bits per heavy atom. The number of hydrogen-bond donors (Lipinski definition) is 1. The molecule has 0 aromatic rings. The number of rotatable bonds is 7. The number of aliphatic hydroxyl groups excluding tert-OH is 1. The van der Waals surface area contributed by atoms with Crippen LogP contribution in [0.3, 0.4) is 0 Å². The van der Waals surface area contributed by atoms with Crippen LogP contribution >= 0.6 is 8.03 Å². The van der Waals surface area contributed by atoms with Gasteiger partial charge in [-0.05, 0) is 28.0 Å². The van der Waals surface area contributed by atoms with Crippen molar-refractivity contribution >= 4 is 21.4 Å². The summed E-state index contributed by atoms with van der Waals surface area (Å²) in [5.74, 6) is -0.0405. The first-order valence-electron chi connectivity index (χ1n) is 4.37. The lowest BCUT2D eigenvalue weighted by Gasteiger charge is -2.16. The van der Waals surface area contributed by atoms with Gasteiger partial charge in [0.25, 0.3) is 0 Å². The van der Waals surface area contributed by atoms with Crippen LogP contribution in [0.25, 0.3) is 0 Å². The van der Waals surface area contributed by atoms with E-state index in [1.54, 1.807) is 18.8 Å². The molecule has 2 atom stereocenters. The largest absolute Gasteiger partial charge is 0.392 e. The van der Waals surface area contributed by atoms with Crippen LogP contribution in [-0.2, 0) is 9.32 Å². The number of ketones is 1. The first-order valence-corrected chi connectivity index (χ1v) is 5.74. The topological polar surface area (TPSA) is 46.5 Å². The Morgan fingerprint density at radius 3 is 3.00 bits per heavy atom. The molecule has 0 saturated heterocycles. The fourth-order valence-corrected chi connectivity index (χ4v) is 1.41. The van der Waals surface area contributed by atoms with Gasteiger partial charge in [-0.15, -0.1) is 0 Å². The lowest BCUT2D eigenvalue weighted by Crippen LogP contribution is -2.18. The number of Topliss-reactive ketones (excluding diaryl/α,β-unsaturated/α-hetero) is 1. The second-order valence-electron chi connectivity index (χ2n) is 2.62. The maximum atomic E-state index is 11.1. The van der Waals surface area contributed by atoms with Gasteiger partial charge in [-0.2, -0.15) is 0 Å².